The summed E-state index contributed by atoms with van der Waals surface area (Å²) in [7, 11) is 0. The lowest BCUT2D eigenvalue weighted by molar-refractivity contribution is 0.407. The quantitative estimate of drug-likeness (QED) is 0.870. The summed E-state index contributed by atoms with van der Waals surface area (Å²) in [5.74, 6) is 1.65. The fourth-order valence-corrected chi connectivity index (χ4v) is 2.12. The van der Waals surface area contributed by atoms with Crippen LogP contribution in [0, 0.1) is 6.92 Å². The van der Waals surface area contributed by atoms with E-state index in [1.807, 2.05) is 0 Å². The Kier molecular flexibility index (Phi) is 3.48. The van der Waals surface area contributed by atoms with Crippen LogP contribution in [0.3, 0.4) is 0 Å². The maximum Gasteiger partial charge on any atom is 0.128 e. The Balaban J connectivity index is 2.08. The molecule has 0 unspecified atom stereocenters. The largest absolute Gasteiger partial charge is 0.326 e. The van der Waals surface area contributed by atoms with Crippen LogP contribution in [0.2, 0.25) is 0 Å². The van der Waals surface area contributed by atoms with Gasteiger partial charge in [0, 0.05) is 29.3 Å². The molecule has 0 amide bonds. The Morgan fingerprint density at radius 1 is 1.35 bits per heavy atom. The minimum atomic E-state index is -0.135. The summed E-state index contributed by atoms with van der Waals surface area (Å²) >= 11 is 0. The first kappa shape index (κ1) is 12.5. The molecule has 1 saturated carbocycles. The molecule has 17 heavy (non-hydrogen) atoms. The first-order chi connectivity index (χ1) is 7.94. The molecule has 0 spiro atoms. The predicted octanol–water partition coefficient (Wildman–Crippen LogP) is 2.72. The van der Waals surface area contributed by atoms with Crippen molar-refractivity contribution in [1.82, 2.24) is 9.97 Å². The molecule has 1 heterocycles. The monoisotopic (exact) mass is 233 g/mol. The van der Waals surface area contributed by atoms with Crippen molar-refractivity contribution in [3.63, 3.8) is 0 Å². The fraction of sp³-hybridized carbons (Fsp3) is 0.714. The van der Waals surface area contributed by atoms with Gasteiger partial charge in [-0.2, -0.15) is 0 Å². The van der Waals surface area contributed by atoms with Gasteiger partial charge in [-0.15, -0.1) is 0 Å². The van der Waals surface area contributed by atoms with Crippen LogP contribution in [0.5, 0.6) is 0 Å². The third kappa shape index (κ3) is 3.50. The van der Waals surface area contributed by atoms with Crippen LogP contribution >= 0.6 is 0 Å². The number of nitrogens with zero attached hydrogens (tertiary/aromatic N) is 2. The lowest BCUT2D eigenvalue weighted by Gasteiger charge is -2.25. The highest BCUT2D eigenvalue weighted by Crippen LogP contribution is 2.35. The number of rotatable bonds is 4. The summed E-state index contributed by atoms with van der Waals surface area (Å²) in [5.41, 5.74) is 8.20. The van der Waals surface area contributed by atoms with Crippen molar-refractivity contribution in [3.8, 4) is 0 Å². The van der Waals surface area contributed by atoms with Gasteiger partial charge in [-0.05, 0) is 46.1 Å². The predicted molar refractivity (Wildman–Crippen MR) is 69.9 cm³/mol. The molecule has 1 aromatic heterocycles. The molecule has 2 rings (SSSR count). The fourth-order valence-electron chi connectivity index (χ4n) is 2.12. The molecular weight excluding hydrogens is 210 g/mol. The zero-order chi connectivity index (χ0) is 12.5. The van der Waals surface area contributed by atoms with E-state index in [-0.39, 0.29) is 5.54 Å². The van der Waals surface area contributed by atoms with Gasteiger partial charge in [-0.3, -0.25) is 0 Å². The summed E-state index contributed by atoms with van der Waals surface area (Å²) in [6.07, 6.45) is 5.74. The molecule has 1 aliphatic rings. The number of nitrogens with two attached hydrogens (primary N) is 1. The molecule has 1 aliphatic carbocycles. The Morgan fingerprint density at radius 2 is 2.06 bits per heavy atom. The number of aromatic nitrogens is 2. The topological polar surface area (TPSA) is 51.8 Å². The standard InChI is InChI=1S/C14H23N3/c1-10-9-12(11-5-4-6-11)17-13(16-10)7-8-14(2,3)15/h9,11H,4-8,15H2,1-3H3. The van der Waals surface area contributed by atoms with Crippen molar-refractivity contribution in [3.05, 3.63) is 23.3 Å². The third-order valence-corrected chi connectivity index (χ3v) is 3.44. The molecule has 0 bridgehead atoms. The Hall–Kier alpha value is -0.960. The summed E-state index contributed by atoms with van der Waals surface area (Å²) < 4.78 is 0. The van der Waals surface area contributed by atoms with E-state index in [1.165, 1.54) is 25.0 Å². The Labute approximate surface area is 104 Å². The molecule has 1 aromatic rings. The molecule has 3 heteroatoms. The van der Waals surface area contributed by atoms with Crippen LogP contribution in [0.25, 0.3) is 0 Å². The molecule has 0 radical (unpaired) electrons. The van der Waals surface area contributed by atoms with Crippen molar-refractivity contribution in [1.29, 1.82) is 0 Å². The third-order valence-electron chi connectivity index (χ3n) is 3.44. The van der Waals surface area contributed by atoms with Crippen LogP contribution in [0.1, 0.15) is 62.7 Å². The molecular formula is C14H23N3. The average Bonchev–Trinajstić information content (AvgIpc) is 2.10. The lowest BCUT2D eigenvalue weighted by Crippen LogP contribution is -2.32. The van der Waals surface area contributed by atoms with E-state index in [2.05, 4.69) is 31.8 Å². The summed E-state index contributed by atoms with van der Waals surface area (Å²) in [5, 5.41) is 0. The molecule has 3 nitrogen and oxygen atoms in total. The van der Waals surface area contributed by atoms with E-state index in [4.69, 9.17) is 10.7 Å². The van der Waals surface area contributed by atoms with Crippen molar-refractivity contribution >= 4 is 0 Å². The van der Waals surface area contributed by atoms with Gasteiger partial charge in [0.15, 0.2) is 0 Å². The van der Waals surface area contributed by atoms with Crippen LogP contribution in [-0.4, -0.2) is 15.5 Å². The van der Waals surface area contributed by atoms with Crippen LogP contribution in [-0.2, 0) is 6.42 Å². The van der Waals surface area contributed by atoms with E-state index in [1.54, 1.807) is 0 Å². The van der Waals surface area contributed by atoms with Crippen LogP contribution < -0.4 is 5.73 Å². The average molecular weight is 233 g/mol. The molecule has 0 saturated heterocycles. The van der Waals surface area contributed by atoms with Gasteiger partial charge in [0.1, 0.15) is 5.82 Å². The zero-order valence-electron chi connectivity index (χ0n) is 11.2. The van der Waals surface area contributed by atoms with E-state index < -0.39 is 0 Å². The van der Waals surface area contributed by atoms with Gasteiger partial charge < -0.3 is 5.73 Å². The van der Waals surface area contributed by atoms with Crippen molar-refractivity contribution < 1.29 is 0 Å². The van der Waals surface area contributed by atoms with Gasteiger partial charge in [-0.25, -0.2) is 9.97 Å². The van der Waals surface area contributed by atoms with Gasteiger partial charge >= 0.3 is 0 Å². The highest BCUT2D eigenvalue weighted by molar-refractivity contribution is 5.16. The number of aryl methyl sites for hydroxylation is 2. The van der Waals surface area contributed by atoms with E-state index in [9.17, 15) is 0 Å². The van der Waals surface area contributed by atoms with Gasteiger partial charge in [0.05, 0.1) is 0 Å². The van der Waals surface area contributed by atoms with Gasteiger partial charge in [-0.1, -0.05) is 6.42 Å². The molecule has 0 aliphatic heterocycles. The van der Waals surface area contributed by atoms with Crippen molar-refractivity contribution in [2.75, 3.05) is 0 Å². The second-order valence-corrected chi connectivity index (χ2v) is 5.97. The SMILES string of the molecule is Cc1cc(C2CCC2)nc(CCC(C)(C)N)n1. The first-order valence-corrected chi connectivity index (χ1v) is 6.57. The van der Waals surface area contributed by atoms with Crippen molar-refractivity contribution in [2.45, 2.75) is 64.3 Å². The van der Waals surface area contributed by atoms with Gasteiger partial charge in [0.2, 0.25) is 0 Å². The maximum absolute atomic E-state index is 6.00. The van der Waals surface area contributed by atoms with E-state index >= 15 is 0 Å². The summed E-state index contributed by atoms with van der Waals surface area (Å²) in [6.45, 7) is 6.16. The molecule has 2 N–H and O–H groups in total. The highest BCUT2D eigenvalue weighted by atomic mass is 14.9. The molecule has 0 aromatic carbocycles. The highest BCUT2D eigenvalue weighted by Gasteiger charge is 2.22. The summed E-state index contributed by atoms with van der Waals surface area (Å²) in [4.78, 5) is 9.20. The smallest absolute Gasteiger partial charge is 0.128 e. The molecule has 0 atom stereocenters. The summed E-state index contributed by atoms with van der Waals surface area (Å²) in [6, 6.07) is 2.14. The van der Waals surface area contributed by atoms with E-state index in [0.717, 1.165) is 24.4 Å². The van der Waals surface area contributed by atoms with Crippen molar-refractivity contribution in [2.24, 2.45) is 5.73 Å². The maximum atomic E-state index is 6.00. The Morgan fingerprint density at radius 3 is 2.59 bits per heavy atom. The second-order valence-electron chi connectivity index (χ2n) is 5.97. The normalized spacial score (nSPS) is 16.9. The lowest BCUT2D eigenvalue weighted by atomic mass is 9.82. The van der Waals surface area contributed by atoms with Crippen LogP contribution in [0.4, 0.5) is 0 Å². The first-order valence-electron chi connectivity index (χ1n) is 6.57. The minimum absolute atomic E-state index is 0.135. The number of hydrogen-bond acceptors (Lipinski definition) is 3. The van der Waals surface area contributed by atoms with Gasteiger partial charge in [0.25, 0.3) is 0 Å². The minimum Gasteiger partial charge on any atom is -0.326 e. The number of hydrogen-bond donors (Lipinski definition) is 1. The molecule has 1 fully saturated rings. The van der Waals surface area contributed by atoms with Crippen LogP contribution in [0.15, 0.2) is 6.07 Å². The second kappa shape index (κ2) is 4.73. The zero-order valence-corrected chi connectivity index (χ0v) is 11.2. The molecule has 94 valence electrons. The Bertz CT molecular complexity index is 389. The van der Waals surface area contributed by atoms with E-state index in [0.29, 0.717) is 5.92 Å².